The highest BCUT2D eigenvalue weighted by Crippen LogP contribution is 2.16. The van der Waals surface area contributed by atoms with Crippen molar-refractivity contribution in [1.82, 2.24) is 4.90 Å². The molecular weight excluding hydrogens is 170 g/mol. The zero-order chi connectivity index (χ0) is 9.84. The molecule has 1 fully saturated rings. The summed E-state index contributed by atoms with van der Waals surface area (Å²) in [6.45, 7) is 4.79. The van der Waals surface area contributed by atoms with E-state index in [1.54, 1.807) is 11.8 Å². The highest BCUT2D eigenvalue weighted by molar-refractivity contribution is 5.79. The number of carbonyl (C=O) groups is 2. The number of ether oxygens (including phenoxy) is 1. The smallest absolute Gasteiger partial charge is 0.305 e. The third-order valence-corrected chi connectivity index (χ3v) is 2.05. The molecule has 1 rings (SSSR count). The van der Waals surface area contributed by atoms with E-state index >= 15 is 0 Å². The van der Waals surface area contributed by atoms with Crippen LogP contribution in [-0.4, -0.2) is 36.0 Å². The Morgan fingerprint density at radius 1 is 1.54 bits per heavy atom. The number of esters is 1. The minimum atomic E-state index is -0.244. The molecule has 0 spiro atoms. The Balaban J connectivity index is 2.06. The summed E-state index contributed by atoms with van der Waals surface area (Å²) < 4.78 is 4.79. The van der Waals surface area contributed by atoms with Gasteiger partial charge in [-0.1, -0.05) is 6.92 Å². The Labute approximate surface area is 77.8 Å². The fourth-order valence-electron chi connectivity index (χ4n) is 1.08. The van der Waals surface area contributed by atoms with Gasteiger partial charge in [0.1, 0.15) is 6.61 Å². The van der Waals surface area contributed by atoms with Crippen LogP contribution in [0.15, 0.2) is 0 Å². The predicted molar refractivity (Wildman–Crippen MR) is 47.0 cm³/mol. The first-order valence-electron chi connectivity index (χ1n) is 4.60. The van der Waals surface area contributed by atoms with Crippen LogP contribution < -0.4 is 0 Å². The zero-order valence-electron chi connectivity index (χ0n) is 8.08. The number of hydrogen-bond donors (Lipinski definition) is 0. The molecule has 1 saturated heterocycles. The number of hydrogen-bond acceptors (Lipinski definition) is 3. The van der Waals surface area contributed by atoms with Gasteiger partial charge in [-0.15, -0.1) is 0 Å². The van der Waals surface area contributed by atoms with Gasteiger partial charge in [0.25, 0.3) is 0 Å². The van der Waals surface area contributed by atoms with Gasteiger partial charge in [0.05, 0.1) is 6.42 Å². The molecule has 1 amide bonds. The second-order valence-corrected chi connectivity index (χ2v) is 3.22. The van der Waals surface area contributed by atoms with E-state index in [9.17, 15) is 9.59 Å². The summed E-state index contributed by atoms with van der Waals surface area (Å²) >= 11 is 0. The zero-order valence-corrected chi connectivity index (χ0v) is 8.08. The molecule has 1 unspecified atom stereocenters. The van der Waals surface area contributed by atoms with Crippen molar-refractivity contribution in [1.29, 1.82) is 0 Å². The van der Waals surface area contributed by atoms with E-state index in [4.69, 9.17) is 4.74 Å². The third-order valence-electron chi connectivity index (χ3n) is 2.05. The van der Waals surface area contributed by atoms with Gasteiger partial charge in [-0.3, -0.25) is 9.59 Å². The second kappa shape index (κ2) is 4.25. The van der Waals surface area contributed by atoms with Gasteiger partial charge in [0, 0.05) is 19.0 Å². The second-order valence-electron chi connectivity index (χ2n) is 3.22. The lowest BCUT2D eigenvalue weighted by molar-refractivity contribution is -0.144. The van der Waals surface area contributed by atoms with Gasteiger partial charge in [-0.25, -0.2) is 0 Å². The normalized spacial score (nSPS) is 19.8. The van der Waals surface area contributed by atoms with Gasteiger partial charge in [-0.05, 0) is 6.92 Å². The standard InChI is InChI=1S/C9H15NO3/c1-3-9(12)13-5-4-8(11)10-6-7(10)2/h7H,3-6H2,1-2H3. The van der Waals surface area contributed by atoms with Crippen LogP contribution >= 0.6 is 0 Å². The maximum absolute atomic E-state index is 11.2. The van der Waals surface area contributed by atoms with E-state index in [1.165, 1.54) is 0 Å². The van der Waals surface area contributed by atoms with Crippen molar-refractivity contribution in [2.45, 2.75) is 32.7 Å². The fourth-order valence-corrected chi connectivity index (χ4v) is 1.08. The molecule has 1 heterocycles. The van der Waals surface area contributed by atoms with Gasteiger partial charge >= 0.3 is 5.97 Å². The molecule has 0 saturated carbocycles. The maximum Gasteiger partial charge on any atom is 0.305 e. The Hall–Kier alpha value is -1.06. The third kappa shape index (κ3) is 3.05. The van der Waals surface area contributed by atoms with Crippen LogP contribution in [0.25, 0.3) is 0 Å². The molecule has 1 atom stereocenters. The van der Waals surface area contributed by atoms with E-state index in [0.29, 0.717) is 18.9 Å². The van der Waals surface area contributed by atoms with Crippen LogP contribution in [0.4, 0.5) is 0 Å². The largest absolute Gasteiger partial charge is 0.465 e. The van der Waals surface area contributed by atoms with Gasteiger partial charge in [0.15, 0.2) is 0 Å². The molecule has 0 aliphatic carbocycles. The van der Waals surface area contributed by atoms with E-state index in [2.05, 4.69) is 0 Å². The molecule has 74 valence electrons. The molecule has 4 heteroatoms. The van der Waals surface area contributed by atoms with E-state index in [-0.39, 0.29) is 18.5 Å². The molecule has 1 aliphatic heterocycles. The van der Waals surface area contributed by atoms with Gasteiger partial charge < -0.3 is 9.64 Å². The van der Waals surface area contributed by atoms with Crippen molar-refractivity contribution >= 4 is 11.9 Å². The van der Waals surface area contributed by atoms with Crippen molar-refractivity contribution in [2.24, 2.45) is 0 Å². The Bertz CT molecular complexity index is 215. The molecule has 13 heavy (non-hydrogen) atoms. The summed E-state index contributed by atoms with van der Waals surface area (Å²) in [6, 6.07) is 0.384. The summed E-state index contributed by atoms with van der Waals surface area (Å²) in [6.07, 6.45) is 0.685. The molecule has 0 aromatic rings. The van der Waals surface area contributed by atoms with Crippen LogP contribution in [0.3, 0.4) is 0 Å². The van der Waals surface area contributed by atoms with Crippen molar-refractivity contribution in [2.75, 3.05) is 13.2 Å². The predicted octanol–water partition coefficient (Wildman–Crippen LogP) is 0.560. The van der Waals surface area contributed by atoms with E-state index in [1.807, 2.05) is 6.92 Å². The van der Waals surface area contributed by atoms with Crippen molar-refractivity contribution < 1.29 is 14.3 Å². The summed E-state index contributed by atoms with van der Waals surface area (Å²) in [5, 5.41) is 0. The minimum Gasteiger partial charge on any atom is -0.465 e. The quantitative estimate of drug-likeness (QED) is 0.475. The van der Waals surface area contributed by atoms with Crippen molar-refractivity contribution in [3.05, 3.63) is 0 Å². The summed E-state index contributed by atoms with van der Waals surface area (Å²) in [5.74, 6) is -0.164. The SMILES string of the molecule is CCC(=O)OCCC(=O)N1CC1C. The monoisotopic (exact) mass is 185 g/mol. The number of rotatable bonds is 4. The van der Waals surface area contributed by atoms with Crippen LogP contribution in [0, 0.1) is 0 Å². The maximum atomic E-state index is 11.2. The Kier molecular flexibility index (Phi) is 3.28. The lowest BCUT2D eigenvalue weighted by Crippen LogP contribution is -2.16. The molecule has 4 nitrogen and oxygen atoms in total. The van der Waals surface area contributed by atoms with Crippen LogP contribution in [0.1, 0.15) is 26.7 Å². The molecule has 0 aromatic carbocycles. The van der Waals surface area contributed by atoms with Crippen LogP contribution in [0.5, 0.6) is 0 Å². The van der Waals surface area contributed by atoms with Crippen LogP contribution in [-0.2, 0) is 14.3 Å². The highest BCUT2D eigenvalue weighted by Gasteiger charge is 2.33. The molecule has 0 N–H and O–H groups in total. The van der Waals surface area contributed by atoms with E-state index < -0.39 is 0 Å². The molecule has 1 aliphatic rings. The first-order valence-corrected chi connectivity index (χ1v) is 4.60. The first-order chi connectivity index (χ1) is 6.15. The highest BCUT2D eigenvalue weighted by atomic mass is 16.5. The average Bonchev–Trinajstić information content (AvgIpc) is 2.82. The molecule has 0 aromatic heterocycles. The van der Waals surface area contributed by atoms with Gasteiger partial charge in [-0.2, -0.15) is 0 Å². The van der Waals surface area contributed by atoms with Crippen molar-refractivity contribution in [3.8, 4) is 0 Å². The summed E-state index contributed by atoms with van der Waals surface area (Å²) in [7, 11) is 0. The first kappa shape index (κ1) is 10.0. The molecular formula is C9H15NO3. The van der Waals surface area contributed by atoms with Crippen LogP contribution in [0.2, 0.25) is 0 Å². The van der Waals surface area contributed by atoms with Crippen molar-refractivity contribution in [3.63, 3.8) is 0 Å². The average molecular weight is 185 g/mol. The Morgan fingerprint density at radius 3 is 2.62 bits per heavy atom. The molecule has 0 radical (unpaired) electrons. The van der Waals surface area contributed by atoms with E-state index in [0.717, 1.165) is 6.54 Å². The number of amides is 1. The fraction of sp³-hybridized carbons (Fsp3) is 0.778. The number of carbonyl (C=O) groups excluding carboxylic acids is 2. The topological polar surface area (TPSA) is 46.4 Å². The lowest BCUT2D eigenvalue weighted by atomic mass is 10.4. The minimum absolute atomic E-state index is 0.0800. The number of nitrogens with zero attached hydrogens (tertiary/aromatic N) is 1. The summed E-state index contributed by atoms with van der Waals surface area (Å²) in [5.41, 5.74) is 0. The Morgan fingerprint density at radius 2 is 2.15 bits per heavy atom. The van der Waals surface area contributed by atoms with Gasteiger partial charge in [0.2, 0.25) is 5.91 Å². The summed E-state index contributed by atoms with van der Waals surface area (Å²) in [4.78, 5) is 23.7. The molecule has 0 bridgehead atoms. The lowest BCUT2D eigenvalue weighted by Gasteiger charge is -2.03.